The monoisotopic (exact) mass is 456 g/mol. The van der Waals surface area contributed by atoms with Crippen molar-refractivity contribution >= 4 is 22.4 Å². The maximum atomic E-state index is 12.9. The van der Waals surface area contributed by atoms with Gasteiger partial charge in [-0.05, 0) is 42.0 Å². The van der Waals surface area contributed by atoms with Crippen LogP contribution < -0.4 is 24.8 Å². The smallest absolute Gasteiger partial charge is 0.345 e. The number of methoxy groups -OCH3 is 3. The zero-order chi connectivity index (χ0) is 23.7. The van der Waals surface area contributed by atoms with Crippen LogP contribution in [0, 0.1) is 0 Å². The molecule has 0 bridgehead atoms. The molecule has 0 radical (unpaired) electrons. The molecule has 3 aromatic carbocycles. The van der Waals surface area contributed by atoms with E-state index >= 15 is 0 Å². The molecule has 0 amide bonds. The third kappa shape index (κ3) is 3.75. The lowest BCUT2D eigenvalue weighted by Crippen LogP contribution is -2.19. The maximum Gasteiger partial charge on any atom is 0.345 e. The summed E-state index contributed by atoms with van der Waals surface area (Å²) in [5.74, 6) is 1.64. The van der Waals surface area contributed by atoms with Gasteiger partial charge in [0.25, 0.3) is 0 Å². The van der Waals surface area contributed by atoms with Gasteiger partial charge in [-0.3, -0.25) is 5.01 Å². The molecule has 34 heavy (non-hydrogen) atoms. The minimum atomic E-state index is -0.406. The van der Waals surface area contributed by atoms with Crippen LogP contribution in [0.5, 0.6) is 17.2 Å². The summed E-state index contributed by atoms with van der Waals surface area (Å²) in [6.45, 7) is 0. The van der Waals surface area contributed by atoms with E-state index in [1.54, 1.807) is 27.4 Å². The van der Waals surface area contributed by atoms with Crippen LogP contribution in [0.2, 0.25) is 0 Å². The number of benzene rings is 3. The summed E-state index contributed by atoms with van der Waals surface area (Å²) in [4.78, 5) is 12.9. The first-order valence-electron chi connectivity index (χ1n) is 10.9. The topological polar surface area (TPSA) is 73.5 Å². The van der Waals surface area contributed by atoms with Crippen molar-refractivity contribution in [2.75, 3.05) is 26.3 Å². The largest absolute Gasteiger partial charge is 0.493 e. The van der Waals surface area contributed by atoms with E-state index in [9.17, 15) is 4.79 Å². The Labute approximate surface area is 196 Å². The first-order valence-corrected chi connectivity index (χ1v) is 10.9. The van der Waals surface area contributed by atoms with E-state index in [0.717, 1.165) is 16.6 Å². The van der Waals surface area contributed by atoms with Crippen molar-refractivity contribution < 1.29 is 18.6 Å². The first kappa shape index (κ1) is 21.6. The highest BCUT2D eigenvalue weighted by molar-refractivity contribution is 6.04. The molecule has 1 aliphatic rings. The zero-order valence-corrected chi connectivity index (χ0v) is 19.1. The van der Waals surface area contributed by atoms with Crippen molar-refractivity contribution in [2.24, 2.45) is 5.10 Å². The molecule has 2 heterocycles. The van der Waals surface area contributed by atoms with E-state index in [2.05, 4.69) is 0 Å². The first-order chi connectivity index (χ1) is 16.6. The molecule has 1 aromatic heterocycles. The summed E-state index contributed by atoms with van der Waals surface area (Å²) < 4.78 is 22.2. The summed E-state index contributed by atoms with van der Waals surface area (Å²) in [5, 5.41) is 7.66. The normalized spacial score (nSPS) is 15.3. The lowest BCUT2D eigenvalue weighted by Gasteiger charge is -2.25. The quantitative estimate of drug-likeness (QED) is 0.373. The Morgan fingerprint density at radius 2 is 1.56 bits per heavy atom. The third-order valence-electron chi connectivity index (χ3n) is 5.96. The SMILES string of the molecule is COc1cc(C2CC(c3cc4ccccc4oc3=O)=NN2c2ccccc2)cc(OC)c1OC. The molecule has 0 fully saturated rings. The highest BCUT2D eigenvalue weighted by Crippen LogP contribution is 2.44. The van der Waals surface area contributed by atoms with Crippen molar-refractivity contribution in [2.45, 2.75) is 12.5 Å². The van der Waals surface area contributed by atoms with Gasteiger partial charge in [0, 0.05) is 11.8 Å². The number of nitrogens with zero attached hydrogens (tertiary/aromatic N) is 2. The Bertz CT molecular complexity index is 1400. The summed E-state index contributed by atoms with van der Waals surface area (Å²) in [6, 6.07) is 22.8. The van der Waals surface area contributed by atoms with Gasteiger partial charge in [-0.15, -0.1) is 0 Å². The number of para-hydroxylation sites is 2. The van der Waals surface area contributed by atoms with Crippen LogP contribution in [0.15, 0.2) is 87.1 Å². The third-order valence-corrected chi connectivity index (χ3v) is 5.96. The van der Waals surface area contributed by atoms with Gasteiger partial charge in [-0.1, -0.05) is 36.4 Å². The van der Waals surface area contributed by atoms with E-state index in [0.29, 0.717) is 40.5 Å². The number of hydrogen-bond donors (Lipinski definition) is 0. The standard InChI is InChI=1S/C27H24N2O5/c1-31-24-14-18(15-25(32-2)26(24)33-3)22-16-21(28-29(22)19-10-5-4-6-11-19)20-13-17-9-7-8-12-23(17)34-27(20)30/h4-15,22H,16H2,1-3H3. The van der Waals surface area contributed by atoms with E-state index in [-0.39, 0.29) is 6.04 Å². The molecule has 0 aliphatic carbocycles. The minimum Gasteiger partial charge on any atom is -0.493 e. The molecular formula is C27H24N2O5. The number of ether oxygens (including phenoxy) is 3. The Kier molecular flexibility index (Phi) is 5.67. The number of hydrazone groups is 1. The lowest BCUT2D eigenvalue weighted by molar-refractivity contribution is 0.323. The van der Waals surface area contributed by atoms with Gasteiger partial charge in [-0.2, -0.15) is 5.10 Å². The van der Waals surface area contributed by atoms with Gasteiger partial charge in [-0.25, -0.2) is 4.79 Å². The molecule has 1 unspecified atom stereocenters. The van der Waals surface area contributed by atoms with Crippen LogP contribution >= 0.6 is 0 Å². The van der Waals surface area contributed by atoms with E-state index in [1.807, 2.05) is 71.7 Å². The molecule has 1 aliphatic heterocycles. The molecule has 4 aromatic rings. The second-order valence-electron chi connectivity index (χ2n) is 7.89. The summed E-state index contributed by atoms with van der Waals surface area (Å²) in [7, 11) is 4.76. The number of anilines is 1. The second kappa shape index (κ2) is 8.94. The van der Waals surface area contributed by atoms with Gasteiger partial charge >= 0.3 is 5.63 Å². The summed E-state index contributed by atoms with van der Waals surface area (Å²) >= 11 is 0. The lowest BCUT2D eigenvalue weighted by atomic mass is 9.97. The summed E-state index contributed by atoms with van der Waals surface area (Å²) in [6.07, 6.45) is 0.497. The predicted octanol–water partition coefficient (Wildman–Crippen LogP) is 5.17. The molecule has 172 valence electrons. The fourth-order valence-corrected chi connectivity index (χ4v) is 4.31. The average molecular weight is 456 g/mol. The van der Waals surface area contributed by atoms with Crippen molar-refractivity contribution in [1.82, 2.24) is 0 Å². The van der Waals surface area contributed by atoms with Crippen molar-refractivity contribution in [1.29, 1.82) is 0 Å². The van der Waals surface area contributed by atoms with E-state index < -0.39 is 5.63 Å². The van der Waals surface area contributed by atoms with Crippen LogP contribution in [0.1, 0.15) is 23.6 Å². The van der Waals surface area contributed by atoms with Crippen LogP contribution in [0.25, 0.3) is 11.0 Å². The Hall–Kier alpha value is -4.26. The van der Waals surface area contributed by atoms with E-state index in [1.165, 1.54) is 0 Å². The molecule has 5 rings (SSSR count). The fourth-order valence-electron chi connectivity index (χ4n) is 4.31. The molecule has 7 nitrogen and oxygen atoms in total. The van der Waals surface area contributed by atoms with Crippen LogP contribution in [-0.4, -0.2) is 27.0 Å². The Balaban J connectivity index is 1.64. The highest BCUT2D eigenvalue weighted by Gasteiger charge is 2.33. The molecule has 0 saturated carbocycles. The zero-order valence-electron chi connectivity index (χ0n) is 19.1. The van der Waals surface area contributed by atoms with Gasteiger partial charge in [0.2, 0.25) is 5.75 Å². The van der Waals surface area contributed by atoms with Crippen LogP contribution in [-0.2, 0) is 0 Å². The van der Waals surface area contributed by atoms with Crippen molar-refractivity contribution in [3.05, 3.63) is 94.3 Å². The Morgan fingerprint density at radius 1 is 0.882 bits per heavy atom. The average Bonchev–Trinajstić information content (AvgIpc) is 3.33. The van der Waals surface area contributed by atoms with Gasteiger partial charge in [0.1, 0.15) is 5.58 Å². The van der Waals surface area contributed by atoms with E-state index in [4.69, 9.17) is 23.7 Å². The molecule has 0 spiro atoms. The maximum absolute atomic E-state index is 12.9. The molecule has 0 saturated heterocycles. The van der Waals surface area contributed by atoms with Crippen molar-refractivity contribution in [3.63, 3.8) is 0 Å². The van der Waals surface area contributed by atoms with Crippen LogP contribution in [0.3, 0.4) is 0 Å². The molecular weight excluding hydrogens is 432 g/mol. The second-order valence-corrected chi connectivity index (χ2v) is 7.89. The van der Waals surface area contributed by atoms with Gasteiger partial charge in [0.15, 0.2) is 11.5 Å². The minimum absolute atomic E-state index is 0.197. The summed E-state index contributed by atoms with van der Waals surface area (Å²) in [5.41, 5.74) is 3.08. The van der Waals surface area contributed by atoms with Crippen LogP contribution in [0.4, 0.5) is 5.69 Å². The predicted molar refractivity (Wildman–Crippen MR) is 131 cm³/mol. The number of hydrogen-bond acceptors (Lipinski definition) is 7. The van der Waals surface area contributed by atoms with Gasteiger partial charge in [0.05, 0.1) is 44.3 Å². The molecule has 0 N–H and O–H groups in total. The van der Waals surface area contributed by atoms with Gasteiger partial charge < -0.3 is 18.6 Å². The number of rotatable bonds is 6. The highest BCUT2D eigenvalue weighted by atomic mass is 16.5. The number of fused-ring (bicyclic) bond motifs is 1. The molecule has 1 atom stereocenters. The van der Waals surface area contributed by atoms with Crippen molar-refractivity contribution in [3.8, 4) is 17.2 Å². The fraction of sp³-hybridized carbons (Fsp3) is 0.185. The Morgan fingerprint density at radius 3 is 2.24 bits per heavy atom. The molecule has 7 heteroatoms.